The summed E-state index contributed by atoms with van der Waals surface area (Å²) in [6, 6.07) is 7.80. The molecule has 128 valence electrons. The lowest BCUT2D eigenvalue weighted by Gasteiger charge is -2.20. The summed E-state index contributed by atoms with van der Waals surface area (Å²) in [5.41, 5.74) is 2.17. The highest BCUT2D eigenvalue weighted by molar-refractivity contribution is 7.09. The molecule has 1 aromatic carbocycles. The maximum atomic E-state index is 12.2. The molecule has 0 radical (unpaired) electrons. The van der Waals surface area contributed by atoms with E-state index >= 15 is 0 Å². The van der Waals surface area contributed by atoms with Gasteiger partial charge in [-0.3, -0.25) is 0 Å². The topological polar surface area (TPSA) is 63.2 Å². The number of hydrogen-bond acceptors (Lipinski definition) is 4. The molecule has 1 heterocycles. The van der Waals surface area contributed by atoms with Crippen LogP contribution >= 0.6 is 11.3 Å². The monoisotopic (exact) mass is 345 g/mol. The molecule has 2 N–H and O–H groups in total. The fourth-order valence-corrected chi connectivity index (χ4v) is 3.71. The van der Waals surface area contributed by atoms with Crippen molar-refractivity contribution >= 4 is 17.4 Å². The van der Waals surface area contributed by atoms with Crippen molar-refractivity contribution in [2.75, 3.05) is 13.7 Å². The Labute approximate surface area is 146 Å². The van der Waals surface area contributed by atoms with Gasteiger partial charge in [0.25, 0.3) is 0 Å². The fraction of sp³-hybridized carbons (Fsp3) is 0.444. The maximum absolute atomic E-state index is 12.2. The summed E-state index contributed by atoms with van der Waals surface area (Å²) in [7, 11) is 1.69. The molecule has 0 aliphatic heterocycles. The van der Waals surface area contributed by atoms with Crippen LogP contribution in [-0.2, 0) is 5.41 Å². The number of urea groups is 1. The minimum Gasteiger partial charge on any atom is -0.496 e. The summed E-state index contributed by atoms with van der Waals surface area (Å²) in [5, 5.41) is 8.89. The van der Waals surface area contributed by atoms with Crippen LogP contribution < -0.4 is 15.4 Å². The molecule has 24 heavy (non-hydrogen) atoms. The van der Waals surface area contributed by atoms with Gasteiger partial charge in [-0.2, -0.15) is 0 Å². The average molecular weight is 345 g/mol. The van der Waals surface area contributed by atoms with Crippen LogP contribution in [0.4, 0.5) is 4.79 Å². The SMILES string of the molecule is COc1ccccc1C1(CNC(=O)N[C@@H](C)c2nc(C)cs2)CC1. The molecule has 2 amide bonds. The van der Waals surface area contributed by atoms with Crippen molar-refractivity contribution < 1.29 is 9.53 Å². The van der Waals surface area contributed by atoms with E-state index < -0.39 is 0 Å². The minimum atomic E-state index is -0.156. The predicted octanol–water partition coefficient (Wildman–Crippen LogP) is 3.55. The Morgan fingerprint density at radius 1 is 1.42 bits per heavy atom. The van der Waals surface area contributed by atoms with E-state index in [1.807, 2.05) is 37.4 Å². The van der Waals surface area contributed by atoms with Gasteiger partial charge in [-0.1, -0.05) is 18.2 Å². The lowest BCUT2D eigenvalue weighted by Crippen LogP contribution is -2.40. The van der Waals surface area contributed by atoms with E-state index in [4.69, 9.17) is 4.74 Å². The van der Waals surface area contributed by atoms with Crippen LogP contribution in [0.25, 0.3) is 0 Å². The lowest BCUT2D eigenvalue weighted by molar-refractivity contribution is 0.236. The first-order chi connectivity index (χ1) is 11.5. The molecule has 1 atom stereocenters. The van der Waals surface area contributed by atoms with Crippen molar-refractivity contribution in [2.45, 2.75) is 38.1 Å². The van der Waals surface area contributed by atoms with Gasteiger partial charge in [0.05, 0.1) is 13.2 Å². The first-order valence-electron chi connectivity index (χ1n) is 8.14. The van der Waals surface area contributed by atoms with E-state index in [9.17, 15) is 4.79 Å². The number of carbonyl (C=O) groups excluding carboxylic acids is 1. The number of para-hydroxylation sites is 1. The summed E-state index contributed by atoms with van der Waals surface area (Å²) in [6.07, 6.45) is 2.13. The summed E-state index contributed by atoms with van der Waals surface area (Å²) in [6.45, 7) is 4.52. The van der Waals surface area contributed by atoms with Gasteiger partial charge >= 0.3 is 6.03 Å². The van der Waals surface area contributed by atoms with Crippen LogP contribution in [0.15, 0.2) is 29.6 Å². The molecule has 0 unspecified atom stereocenters. The second kappa shape index (κ2) is 6.81. The molecule has 0 bridgehead atoms. The molecule has 1 aliphatic rings. The van der Waals surface area contributed by atoms with Gasteiger partial charge < -0.3 is 15.4 Å². The molecule has 0 spiro atoms. The summed E-state index contributed by atoms with van der Waals surface area (Å²) in [4.78, 5) is 16.6. The number of carbonyl (C=O) groups is 1. The molecule has 1 aromatic heterocycles. The number of hydrogen-bond donors (Lipinski definition) is 2. The van der Waals surface area contributed by atoms with Crippen molar-refractivity contribution in [1.29, 1.82) is 0 Å². The third kappa shape index (κ3) is 3.53. The predicted molar refractivity (Wildman–Crippen MR) is 95.7 cm³/mol. The van der Waals surface area contributed by atoms with Crippen molar-refractivity contribution in [3.8, 4) is 5.75 Å². The van der Waals surface area contributed by atoms with Gasteiger partial charge in [-0.05, 0) is 32.8 Å². The number of methoxy groups -OCH3 is 1. The Balaban J connectivity index is 1.58. The Bertz CT molecular complexity index is 725. The maximum Gasteiger partial charge on any atom is 0.315 e. The van der Waals surface area contributed by atoms with Crippen molar-refractivity contribution in [2.24, 2.45) is 0 Å². The number of aryl methyl sites for hydroxylation is 1. The highest BCUT2D eigenvalue weighted by Gasteiger charge is 2.46. The molecule has 1 fully saturated rings. The van der Waals surface area contributed by atoms with Gasteiger partial charge in [0.15, 0.2) is 0 Å². The van der Waals surface area contributed by atoms with Gasteiger partial charge in [-0.25, -0.2) is 9.78 Å². The van der Waals surface area contributed by atoms with E-state index in [0.717, 1.165) is 29.3 Å². The molecular weight excluding hydrogens is 322 g/mol. The van der Waals surface area contributed by atoms with Crippen LogP contribution in [0.3, 0.4) is 0 Å². The zero-order valence-electron chi connectivity index (χ0n) is 14.3. The van der Waals surface area contributed by atoms with Crippen molar-refractivity contribution in [3.05, 3.63) is 45.9 Å². The van der Waals surface area contributed by atoms with Crippen molar-refractivity contribution in [1.82, 2.24) is 15.6 Å². The highest BCUT2D eigenvalue weighted by atomic mass is 32.1. The lowest BCUT2D eigenvalue weighted by atomic mass is 9.95. The third-order valence-electron chi connectivity index (χ3n) is 4.47. The second-order valence-corrected chi connectivity index (χ2v) is 7.25. The Hall–Kier alpha value is -2.08. The largest absolute Gasteiger partial charge is 0.496 e. The number of amides is 2. The summed E-state index contributed by atoms with van der Waals surface area (Å²) < 4.78 is 5.47. The van der Waals surface area contributed by atoms with Gasteiger partial charge in [-0.15, -0.1) is 11.3 Å². The molecule has 1 saturated carbocycles. The third-order valence-corrected chi connectivity index (χ3v) is 5.62. The zero-order chi connectivity index (χ0) is 17.2. The Kier molecular flexibility index (Phi) is 4.76. The van der Waals surface area contributed by atoms with Gasteiger partial charge in [0.2, 0.25) is 0 Å². The van der Waals surface area contributed by atoms with Crippen LogP contribution in [0.2, 0.25) is 0 Å². The van der Waals surface area contributed by atoms with E-state index in [0.29, 0.717) is 6.54 Å². The number of nitrogens with zero attached hydrogens (tertiary/aromatic N) is 1. The minimum absolute atomic E-state index is 0.00491. The van der Waals surface area contributed by atoms with Crippen LogP contribution in [-0.4, -0.2) is 24.7 Å². The number of thiazole rings is 1. The second-order valence-electron chi connectivity index (χ2n) is 6.36. The number of nitrogens with one attached hydrogen (secondary N) is 2. The molecule has 2 aromatic rings. The zero-order valence-corrected chi connectivity index (χ0v) is 15.1. The van der Waals surface area contributed by atoms with Crippen LogP contribution in [0, 0.1) is 6.92 Å². The van der Waals surface area contributed by atoms with E-state index in [1.54, 1.807) is 18.4 Å². The number of benzene rings is 1. The Morgan fingerprint density at radius 2 is 2.17 bits per heavy atom. The Morgan fingerprint density at radius 3 is 2.79 bits per heavy atom. The highest BCUT2D eigenvalue weighted by Crippen LogP contribution is 2.50. The molecule has 6 heteroatoms. The number of aromatic nitrogens is 1. The van der Waals surface area contributed by atoms with Crippen LogP contribution in [0.5, 0.6) is 5.75 Å². The normalized spacial score (nSPS) is 16.3. The van der Waals surface area contributed by atoms with E-state index in [1.165, 1.54) is 5.56 Å². The number of ether oxygens (including phenoxy) is 1. The van der Waals surface area contributed by atoms with Crippen molar-refractivity contribution in [3.63, 3.8) is 0 Å². The number of rotatable bonds is 6. The molecule has 5 nitrogen and oxygen atoms in total. The average Bonchev–Trinajstić information content (AvgIpc) is 3.26. The fourth-order valence-electron chi connectivity index (χ4n) is 2.90. The molecular formula is C18H23N3O2S. The van der Waals surface area contributed by atoms with Gasteiger partial charge in [0.1, 0.15) is 10.8 Å². The first kappa shape index (κ1) is 16.8. The summed E-state index contributed by atoms with van der Waals surface area (Å²) >= 11 is 1.57. The molecule has 1 aliphatic carbocycles. The summed E-state index contributed by atoms with van der Waals surface area (Å²) in [5.74, 6) is 0.892. The van der Waals surface area contributed by atoms with E-state index in [2.05, 4.69) is 21.7 Å². The smallest absolute Gasteiger partial charge is 0.315 e. The van der Waals surface area contributed by atoms with Crippen LogP contribution in [0.1, 0.15) is 42.1 Å². The standard InChI is InChI=1S/C18H23N3O2S/c1-12-10-24-16(20-12)13(2)21-17(22)19-11-18(8-9-18)14-6-4-5-7-15(14)23-3/h4-7,10,13H,8-9,11H2,1-3H3,(H2,19,21,22)/t13-/m0/s1. The van der Waals surface area contributed by atoms with E-state index in [-0.39, 0.29) is 17.5 Å². The van der Waals surface area contributed by atoms with Gasteiger partial charge in [0, 0.05) is 28.6 Å². The molecule has 0 saturated heterocycles. The molecule has 3 rings (SSSR count). The first-order valence-corrected chi connectivity index (χ1v) is 9.02. The quantitative estimate of drug-likeness (QED) is 0.841.